The fourth-order valence-electron chi connectivity index (χ4n) is 3.96. The summed E-state index contributed by atoms with van der Waals surface area (Å²) < 4.78 is 0. The standard InChI is InChI=1S/C14H22N2O3/c1-9-10(13(18)19)2-7-16(9)12(17)11-8-14(11)3-5-15-6-4-14/h9-11,15H,2-8H2,1H3,(H,18,19). The Morgan fingerprint density at radius 1 is 1.32 bits per heavy atom. The summed E-state index contributed by atoms with van der Waals surface area (Å²) in [5, 5.41) is 12.5. The minimum Gasteiger partial charge on any atom is -0.481 e. The van der Waals surface area contributed by atoms with E-state index in [1.54, 1.807) is 0 Å². The van der Waals surface area contributed by atoms with E-state index in [4.69, 9.17) is 5.11 Å². The van der Waals surface area contributed by atoms with E-state index in [2.05, 4.69) is 5.32 Å². The van der Waals surface area contributed by atoms with Gasteiger partial charge in [0.15, 0.2) is 0 Å². The number of carboxylic acids is 1. The lowest BCUT2D eigenvalue weighted by molar-refractivity contribution is -0.143. The molecular formula is C14H22N2O3. The van der Waals surface area contributed by atoms with Gasteiger partial charge in [0.1, 0.15) is 0 Å². The van der Waals surface area contributed by atoms with E-state index < -0.39 is 5.97 Å². The maximum absolute atomic E-state index is 12.6. The average molecular weight is 266 g/mol. The van der Waals surface area contributed by atoms with Crippen molar-refractivity contribution in [2.24, 2.45) is 17.3 Å². The quantitative estimate of drug-likeness (QED) is 0.772. The van der Waals surface area contributed by atoms with Crippen LogP contribution in [0.1, 0.15) is 32.6 Å². The number of nitrogens with one attached hydrogen (secondary N) is 1. The van der Waals surface area contributed by atoms with E-state index >= 15 is 0 Å². The van der Waals surface area contributed by atoms with Crippen molar-refractivity contribution in [2.45, 2.75) is 38.6 Å². The number of carbonyl (C=O) groups is 2. The first-order valence-electron chi connectivity index (χ1n) is 7.29. The molecule has 1 saturated carbocycles. The lowest BCUT2D eigenvalue weighted by Crippen LogP contribution is -2.40. The molecule has 3 fully saturated rings. The number of likely N-dealkylation sites (tertiary alicyclic amines) is 1. The molecule has 0 aromatic rings. The summed E-state index contributed by atoms with van der Waals surface area (Å²) in [7, 11) is 0. The molecular weight excluding hydrogens is 244 g/mol. The first kappa shape index (κ1) is 12.9. The normalized spacial score (nSPS) is 36.5. The highest BCUT2D eigenvalue weighted by Gasteiger charge is 2.59. The van der Waals surface area contributed by atoms with Gasteiger partial charge in [0.2, 0.25) is 5.91 Å². The molecule has 0 aromatic heterocycles. The molecule has 0 aromatic carbocycles. The molecule has 3 aliphatic rings. The van der Waals surface area contributed by atoms with Gasteiger partial charge in [-0.2, -0.15) is 0 Å². The Morgan fingerprint density at radius 2 is 2.00 bits per heavy atom. The second kappa shape index (κ2) is 4.47. The zero-order valence-electron chi connectivity index (χ0n) is 11.4. The highest BCUT2D eigenvalue weighted by Crippen LogP contribution is 2.59. The smallest absolute Gasteiger partial charge is 0.308 e. The van der Waals surface area contributed by atoms with Gasteiger partial charge in [-0.15, -0.1) is 0 Å². The zero-order chi connectivity index (χ0) is 13.6. The van der Waals surface area contributed by atoms with Crippen LogP contribution in [0.15, 0.2) is 0 Å². The molecule has 1 amide bonds. The van der Waals surface area contributed by atoms with Crippen LogP contribution in [0.4, 0.5) is 0 Å². The molecule has 19 heavy (non-hydrogen) atoms. The van der Waals surface area contributed by atoms with Crippen LogP contribution in [0.5, 0.6) is 0 Å². The Bertz CT molecular complexity index is 403. The van der Waals surface area contributed by atoms with Crippen molar-refractivity contribution in [1.29, 1.82) is 0 Å². The van der Waals surface area contributed by atoms with Crippen LogP contribution in [-0.4, -0.2) is 47.6 Å². The Hall–Kier alpha value is -1.10. The van der Waals surface area contributed by atoms with E-state index in [0.717, 1.165) is 32.4 Å². The van der Waals surface area contributed by atoms with Crippen LogP contribution >= 0.6 is 0 Å². The van der Waals surface area contributed by atoms with Gasteiger partial charge in [0.25, 0.3) is 0 Å². The van der Waals surface area contributed by atoms with Gasteiger partial charge >= 0.3 is 5.97 Å². The summed E-state index contributed by atoms with van der Waals surface area (Å²) in [6.07, 6.45) is 3.79. The first-order chi connectivity index (χ1) is 9.05. The fourth-order valence-corrected chi connectivity index (χ4v) is 3.96. The lowest BCUT2D eigenvalue weighted by Gasteiger charge is -2.27. The first-order valence-corrected chi connectivity index (χ1v) is 7.29. The molecule has 2 saturated heterocycles. The molecule has 3 rings (SSSR count). The number of hydrogen-bond acceptors (Lipinski definition) is 3. The fraction of sp³-hybridized carbons (Fsp3) is 0.857. The second-order valence-electron chi connectivity index (χ2n) is 6.37. The third-order valence-electron chi connectivity index (χ3n) is 5.44. The van der Waals surface area contributed by atoms with Crippen LogP contribution in [0.3, 0.4) is 0 Å². The number of aliphatic carboxylic acids is 1. The van der Waals surface area contributed by atoms with Crippen molar-refractivity contribution in [3.05, 3.63) is 0 Å². The summed E-state index contributed by atoms with van der Waals surface area (Å²) >= 11 is 0. The summed E-state index contributed by atoms with van der Waals surface area (Å²) in [5.74, 6) is -0.787. The highest BCUT2D eigenvalue weighted by molar-refractivity contribution is 5.84. The van der Waals surface area contributed by atoms with Crippen LogP contribution in [0, 0.1) is 17.3 Å². The topological polar surface area (TPSA) is 69.6 Å². The molecule has 106 valence electrons. The summed E-state index contributed by atoms with van der Waals surface area (Å²) in [4.78, 5) is 25.5. The molecule has 2 aliphatic heterocycles. The second-order valence-corrected chi connectivity index (χ2v) is 6.37. The molecule has 3 atom stereocenters. The summed E-state index contributed by atoms with van der Waals surface area (Å²) in [5.41, 5.74) is 0.239. The van der Waals surface area contributed by atoms with Crippen LogP contribution < -0.4 is 5.32 Å². The Labute approximate surface area is 113 Å². The molecule has 3 unspecified atom stereocenters. The molecule has 0 radical (unpaired) electrons. The SMILES string of the molecule is CC1C(C(=O)O)CCN1C(=O)C1CC12CCNCC2. The molecule has 1 spiro atoms. The van der Waals surface area contributed by atoms with E-state index in [1.165, 1.54) is 0 Å². The lowest BCUT2D eigenvalue weighted by atomic mass is 9.91. The zero-order valence-corrected chi connectivity index (χ0v) is 11.4. The number of amides is 1. The largest absolute Gasteiger partial charge is 0.481 e. The Balaban J connectivity index is 1.65. The van der Waals surface area contributed by atoms with Crippen molar-refractivity contribution >= 4 is 11.9 Å². The molecule has 5 heteroatoms. The van der Waals surface area contributed by atoms with Crippen LogP contribution in [-0.2, 0) is 9.59 Å². The van der Waals surface area contributed by atoms with Gasteiger partial charge in [-0.05, 0) is 51.1 Å². The number of rotatable bonds is 2. The van der Waals surface area contributed by atoms with E-state index in [9.17, 15) is 9.59 Å². The number of piperidine rings is 1. The molecule has 2 N–H and O–H groups in total. The average Bonchev–Trinajstić information content (AvgIpc) is 2.92. The maximum atomic E-state index is 12.6. The van der Waals surface area contributed by atoms with Crippen molar-refractivity contribution in [3.8, 4) is 0 Å². The molecule has 0 bridgehead atoms. The van der Waals surface area contributed by atoms with Gasteiger partial charge in [-0.3, -0.25) is 9.59 Å². The van der Waals surface area contributed by atoms with E-state index in [-0.39, 0.29) is 29.2 Å². The summed E-state index contributed by atoms with van der Waals surface area (Å²) in [6, 6.07) is -0.149. The Kier molecular flexibility index (Phi) is 3.04. The molecule has 2 heterocycles. The van der Waals surface area contributed by atoms with Gasteiger partial charge in [-0.1, -0.05) is 0 Å². The van der Waals surface area contributed by atoms with Gasteiger partial charge in [0.05, 0.1) is 5.92 Å². The van der Waals surface area contributed by atoms with Crippen molar-refractivity contribution in [2.75, 3.05) is 19.6 Å². The minimum absolute atomic E-state index is 0.149. The van der Waals surface area contributed by atoms with Crippen LogP contribution in [0.25, 0.3) is 0 Å². The predicted octanol–water partition coefficient (Wildman–Crippen LogP) is 0.698. The molecule has 1 aliphatic carbocycles. The third-order valence-corrected chi connectivity index (χ3v) is 5.44. The minimum atomic E-state index is -0.768. The molecule has 5 nitrogen and oxygen atoms in total. The summed E-state index contributed by atoms with van der Waals surface area (Å²) in [6.45, 7) is 4.51. The highest BCUT2D eigenvalue weighted by atomic mass is 16.4. The van der Waals surface area contributed by atoms with Crippen LogP contribution in [0.2, 0.25) is 0 Å². The van der Waals surface area contributed by atoms with Crippen molar-refractivity contribution < 1.29 is 14.7 Å². The predicted molar refractivity (Wildman–Crippen MR) is 69.6 cm³/mol. The van der Waals surface area contributed by atoms with E-state index in [1.807, 2.05) is 11.8 Å². The van der Waals surface area contributed by atoms with Gasteiger partial charge in [0, 0.05) is 18.5 Å². The Morgan fingerprint density at radius 3 is 2.58 bits per heavy atom. The maximum Gasteiger partial charge on any atom is 0.308 e. The number of hydrogen-bond donors (Lipinski definition) is 2. The monoisotopic (exact) mass is 266 g/mol. The third kappa shape index (κ3) is 2.04. The van der Waals surface area contributed by atoms with Gasteiger partial charge in [-0.25, -0.2) is 0 Å². The van der Waals surface area contributed by atoms with Crippen molar-refractivity contribution in [3.63, 3.8) is 0 Å². The number of nitrogens with zero attached hydrogens (tertiary/aromatic N) is 1. The van der Waals surface area contributed by atoms with Gasteiger partial charge < -0.3 is 15.3 Å². The van der Waals surface area contributed by atoms with Crippen molar-refractivity contribution in [1.82, 2.24) is 10.2 Å². The van der Waals surface area contributed by atoms with E-state index in [0.29, 0.717) is 13.0 Å². The number of carbonyl (C=O) groups excluding carboxylic acids is 1. The number of carboxylic acid groups (broad SMARTS) is 1.